The standard InChI is InChI=1S/C16H14N4O/c1-19-14(9-10-17-19)7-8-16(21)13-11-18-20(12-13)15-5-3-2-4-6-15/h2-12H,1H3/b8-7-. The van der Waals surface area contributed by atoms with Gasteiger partial charge in [0.25, 0.3) is 0 Å². The molecule has 0 atom stereocenters. The Morgan fingerprint density at radius 2 is 1.95 bits per heavy atom. The largest absolute Gasteiger partial charge is 0.289 e. The summed E-state index contributed by atoms with van der Waals surface area (Å²) >= 11 is 0. The van der Waals surface area contributed by atoms with Gasteiger partial charge < -0.3 is 0 Å². The van der Waals surface area contributed by atoms with Crippen LogP contribution in [-0.2, 0) is 7.05 Å². The number of carbonyl (C=O) groups excluding carboxylic acids is 1. The van der Waals surface area contributed by atoms with Crippen molar-refractivity contribution in [2.45, 2.75) is 0 Å². The molecule has 0 bridgehead atoms. The molecule has 2 heterocycles. The number of benzene rings is 1. The van der Waals surface area contributed by atoms with Crippen LogP contribution < -0.4 is 0 Å². The third kappa shape index (κ3) is 2.81. The number of aryl methyl sites for hydroxylation is 1. The van der Waals surface area contributed by atoms with E-state index in [1.165, 1.54) is 6.08 Å². The number of rotatable bonds is 4. The molecule has 0 amide bonds. The number of carbonyl (C=O) groups is 1. The second kappa shape index (κ2) is 5.58. The predicted octanol–water partition coefficient (Wildman–Crippen LogP) is 2.50. The van der Waals surface area contributed by atoms with Crippen LogP contribution in [0.25, 0.3) is 11.8 Å². The zero-order chi connectivity index (χ0) is 14.7. The van der Waals surface area contributed by atoms with Gasteiger partial charge >= 0.3 is 0 Å². The predicted molar refractivity (Wildman–Crippen MR) is 80.1 cm³/mol. The average molecular weight is 278 g/mol. The lowest BCUT2D eigenvalue weighted by atomic mass is 10.2. The van der Waals surface area contributed by atoms with Gasteiger partial charge in [0.2, 0.25) is 0 Å². The minimum Gasteiger partial charge on any atom is -0.289 e. The molecule has 1 aromatic carbocycles. The maximum absolute atomic E-state index is 12.1. The van der Waals surface area contributed by atoms with Crippen LogP contribution in [0.4, 0.5) is 0 Å². The number of para-hydroxylation sites is 1. The molecule has 21 heavy (non-hydrogen) atoms. The number of hydrogen-bond acceptors (Lipinski definition) is 3. The highest BCUT2D eigenvalue weighted by Gasteiger charge is 2.06. The van der Waals surface area contributed by atoms with Crippen LogP contribution in [0.3, 0.4) is 0 Å². The molecule has 0 radical (unpaired) electrons. The van der Waals surface area contributed by atoms with Crippen molar-refractivity contribution in [3.63, 3.8) is 0 Å². The Kier molecular flexibility index (Phi) is 3.47. The van der Waals surface area contributed by atoms with Gasteiger partial charge in [-0.2, -0.15) is 10.2 Å². The van der Waals surface area contributed by atoms with Crippen molar-refractivity contribution in [2.24, 2.45) is 7.05 Å². The molecule has 0 unspecified atom stereocenters. The fourth-order valence-electron chi connectivity index (χ4n) is 1.98. The SMILES string of the molecule is Cn1nccc1/C=C\C(=O)c1cnn(-c2ccccc2)c1. The van der Waals surface area contributed by atoms with Gasteiger partial charge in [0, 0.05) is 19.4 Å². The van der Waals surface area contributed by atoms with Crippen molar-refractivity contribution >= 4 is 11.9 Å². The first-order chi connectivity index (χ1) is 10.2. The Morgan fingerprint density at radius 3 is 2.67 bits per heavy atom. The number of nitrogens with zero attached hydrogens (tertiary/aromatic N) is 4. The lowest BCUT2D eigenvalue weighted by molar-refractivity contribution is 0.104. The fraction of sp³-hybridized carbons (Fsp3) is 0.0625. The first kappa shape index (κ1) is 13.1. The fourth-order valence-corrected chi connectivity index (χ4v) is 1.98. The first-order valence-electron chi connectivity index (χ1n) is 6.54. The van der Waals surface area contributed by atoms with Gasteiger partial charge in [0.15, 0.2) is 5.78 Å². The zero-order valence-corrected chi connectivity index (χ0v) is 11.5. The molecule has 5 nitrogen and oxygen atoms in total. The number of hydrogen-bond donors (Lipinski definition) is 0. The second-order valence-corrected chi connectivity index (χ2v) is 4.59. The van der Waals surface area contributed by atoms with E-state index in [0.29, 0.717) is 5.56 Å². The molecule has 0 aliphatic carbocycles. The van der Waals surface area contributed by atoms with E-state index < -0.39 is 0 Å². The summed E-state index contributed by atoms with van der Waals surface area (Å²) < 4.78 is 3.39. The van der Waals surface area contributed by atoms with Gasteiger partial charge in [0.1, 0.15) is 0 Å². The van der Waals surface area contributed by atoms with Crippen LogP contribution in [-0.4, -0.2) is 25.3 Å². The first-order valence-corrected chi connectivity index (χ1v) is 6.54. The third-order valence-electron chi connectivity index (χ3n) is 3.15. The van der Waals surface area contributed by atoms with E-state index in [-0.39, 0.29) is 5.78 Å². The van der Waals surface area contributed by atoms with Crippen LogP contribution in [0, 0.1) is 0 Å². The normalized spacial score (nSPS) is 11.1. The summed E-state index contributed by atoms with van der Waals surface area (Å²) in [5, 5.41) is 8.26. The minimum atomic E-state index is -0.0848. The monoisotopic (exact) mass is 278 g/mol. The smallest absolute Gasteiger partial charge is 0.189 e. The van der Waals surface area contributed by atoms with E-state index in [9.17, 15) is 4.79 Å². The molecule has 0 N–H and O–H groups in total. The molecule has 0 saturated carbocycles. The molecule has 0 saturated heterocycles. The average Bonchev–Trinajstić information content (AvgIpc) is 3.15. The molecule has 0 aliphatic heterocycles. The van der Waals surface area contributed by atoms with Gasteiger partial charge in [-0.15, -0.1) is 0 Å². The van der Waals surface area contributed by atoms with Crippen molar-refractivity contribution in [3.8, 4) is 5.69 Å². The lowest BCUT2D eigenvalue weighted by Gasteiger charge is -1.98. The third-order valence-corrected chi connectivity index (χ3v) is 3.15. The van der Waals surface area contributed by atoms with E-state index in [0.717, 1.165) is 11.4 Å². The number of aromatic nitrogens is 4. The molecular formula is C16H14N4O. The van der Waals surface area contributed by atoms with Crippen LogP contribution in [0.2, 0.25) is 0 Å². The zero-order valence-electron chi connectivity index (χ0n) is 11.5. The summed E-state index contributed by atoms with van der Waals surface area (Å²) in [5.74, 6) is -0.0848. The Hall–Kier alpha value is -2.95. The summed E-state index contributed by atoms with van der Waals surface area (Å²) in [6, 6.07) is 11.5. The van der Waals surface area contributed by atoms with Crippen LogP contribution in [0.5, 0.6) is 0 Å². The van der Waals surface area contributed by atoms with Gasteiger partial charge in [0.05, 0.1) is 23.1 Å². The molecular weight excluding hydrogens is 264 g/mol. The topological polar surface area (TPSA) is 52.7 Å². The maximum Gasteiger partial charge on any atom is 0.189 e. The van der Waals surface area contributed by atoms with Crippen molar-refractivity contribution in [1.82, 2.24) is 19.6 Å². The highest BCUT2D eigenvalue weighted by atomic mass is 16.1. The molecule has 5 heteroatoms. The summed E-state index contributed by atoms with van der Waals surface area (Å²) in [6.45, 7) is 0. The Morgan fingerprint density at radius 1 is 1.14 bits per heavy atom. The number of allylic oxidation sites excluding steroid dienone is 1. The van der Waals surface area contributed by atoms with Crippen LogP contribution >= 0.6 is 0 Å². The van der Waals surface area contributed by atoms with Gasteiger partial charge in [-0.3, -0.25) is 9.48 Å². The lowest BCUT2D eigenvalue weighted by Crippen LogP contribution is -1.96. The van der Waals surface area contributed by atoms with Crippen molar-refractivity contribution < 1.29 is 4.79 Å². The van der Waals surface area contributed by atoms with Crippen molar-refractivity contribution in [1.29, 1.82) is 0 Å². The van der Waals surface area contributed by atoms with E-state index in [4.69, 9.17) is 0 Å². The molecule has 3 rings (SSSR count). The van der Waals surface area contributed by atoms with Gasteiger partial charge in [-0.05, 0) is 30.4 Å². The van der Waals surface area contributed by atoms with E-state index in [1.807, 2.05) is 43.4 Å². The van der Waals surface area contributed by atoms with Crippen molar-refractivity contribution in [3.05, 3.63) is 72.3 Å². The van der Waals surface area contributed by atoms with Gasteiger partial charge in [-0.1, -0.05) is 18.2 Å². The molecule has 3 aromatic rings. The van der Waals surface area contributed by atoms with Crippen molar-refractivity contribution in [2.75, 3.05) is 0 Å². The highest BCUT2D eigenvalue weighted by Crippen LogP contribution is 2.09. The molecule has 0 aliphatic rings. The Bertz CT molecular complexity index is 783. The highest BCUT2D eigenvalue weighted by molar-refractivity contribution is 6.06. The summed E-state index contributed by atoms with van der Waals surface area (Å²) in [4.78, 5) is 12.1. The molecule has 0 fully saturated rings. The van der Waals surface area contributed by atoms with Gasteiger partial charge in [-0.25, -0.2) is 4.68 Å². The number of ketones is 1. The Labute approximate surface area is 122 Å². The summed E-state index contributed by atoms with van der Waals surface area (Å²) in [7, 11) is 1.83. The van der Waals surface area contributed by atoms with E-state index in [1.54, 1.807) is 34.0 Å². The second-order valence-electron chi connectivity index (χ2n) is 4.59. The molecule has 104 valence electrons. The quantitative estimate of drug-likeness (QED) is 0.544. The summed E-state index contributed by atoms with van der Waals surface area (Å²) in [5.41, 5.74) is 2.35. The van der Waals surface area contributed by atoms with E-state index in [2.05, 4.69) is 10.2 Å². The maximum atomic E-state index is 12.1. The Balaban J connectivity index is 1.79. The van der Waals surface area contributed by atoms with E-state index >= 15 is 0 Å². The van der Waals surface area contributed by atoms with Crippen LogP contribution in [0.15, 0.2) is 61.1 Å². The molecule has 0 spiro atoms. The molecule has 2 aromatic heterocycles. The van der Waals surface area contributed by atoms with Crippen LogP contribution in [0.1, 0.15) is 16.1 Å². The summed E-state index contributed by atoms with van der Waals surface area (Å²) in [6.07, 6.45) is 8.27. The minimum absolute atomic E-state index is 0.0848.